The van der Waals surface area contributed by atoms with E-state index in [4.69, 9.17) is 16.3 Å². The van der Waals surface area contributed by atoms with Crippen molar-refractivity contribution in [3.05, 3.63) is 52.7 Å². The van der Waals surface area contributed by atoms with Crippen LogP contribution in [0.4, 0.5) is 5.82 Å². The van der Waals surface area contributed by atoms with Gasteiger partial charge in [0.1, 0.15) is 11.6 Å². The second-order valence-electron chi connectivity index (χ2n) is 4.42. The topological polar surface area (TPSA) is 51.2 Å². The summed E-state index contributed by atoms with van der Waals surface area (Å²) in [5, 5.41) is 3.15. The molecule has 2 aromatic rings. The first-order chi connectivity index (χ1) is 9.56. The number of hydrogen-bond acceptors (Lipinski definition) is 3. The van der Waals surface area contributed by atoms with Crippen LogP contribution in [0.5, 0.6) is 5.75 Å². The summed E-state index contributed by atoms with van der Waals surface area (Å²) in [5.41, 5.74) is 2.00. The molecule has 0 saturated heterocycles. The van der Waals surface area contributed by atoms with Gasteiger partial charge >= 0.3 is 0 Å². The van der Waals surface area contributed by atoms with E-state index < -0.39 is 0 Å². The number of anilines is 1. The van der Waals surface area contributed by atoms with Crippen molar-refractivity contribution in [3.8, 4) is 5.75 Å². The lowest BCUT2D eigenvalue weighted by atomic mass is 10.1. The summed E-state index contributed by atoms with van der Waals surface area (Å²) in [6.07, 6.45) is 1.53. The van der Waals surface area contributed by atoms with Crippen LogP contribution >= 0.6 is 11.6 Å². The van der Waals surface area contributed by atoms with E-state index in [2.05, 4.69) is 10.3 Å². The summed E-state index contributed by atoms with van der Waals surface area (Å²) in [4.78, 5) is 15.8. The van der Waals surface area contributed by atoms with E-state index in [0.717, 1.165) is 16.9 Å². The average molecular weight is 291 g/mol. The van der Waals surface area contributed by atoms with Crippen molar-refractivity contribution in [3.63, 3.8) is 0 Å². The molecule has 0 spiro atoms. The minimum Gasteiger partial charge on any atom is -0.483 e. The zero-order valence-electron chi connectivity index (χ0n) is 11.3. The molecule has 0 bridgehead atoms. The lowest BCUT2D eigenvalue weighted by Gasteiger charge is -2.11. The second kappa shape index (κ2) is 6.39. The third kappa shape index (κ3) is 3.71. The van der Waals surface area contributed by atoms with Crippen molar-refractivity contribution in [1.29, 1.82) is 0 Å². The van der Waals surface area contributed by atoms with Gasteiger partial charge in [-0.05, 0) is 37.1 Å². The molecular weight excluding hydrogens is 276 g/mol. The quantitative estimate of drug-likeness (QED) is 0.939. The molecule has 0 aliphatic rings. The number of nitrogens with one attached hydrogen (secondary N) is 1. The molecule has 0 fully saturated rings. The van der Waals surface area contributed by atoms with Crippen LogP contribution in [0.1, 0.15) is 11.1 Å². The number of aryl methyl sites for hydroxylation is 2. The highest BCUT2D eigenvalue weighted by atomic mass is 35.5. The van der Waals surface area contributed by atoms with Crippen molar-refractivity contribution in [2.24, 2.45) is 0 Å². The van der Waals surface area contributed by atoms with Crippen molar-refractivity contribution in [2.75, 3.05) is 11.9 Å². The molecule has 0 radical (unpaired) electrons. The minimum atomic E-state index is -0.276. The summed E-state index contributed by atoms with van der Waals surface area (Å²) >= 11 is 5.82. The molecule has 2 rings (SSSR count). The fourth-order valence-corrected chi connectivity index (χ4v) is 1.98. The monoisotopic (exact) mass is 290 g/mol. The molecule has 1 aromatic heterocycles. The number of pyridine rings is 1. The molecule has 0 aliphatic heterocycles. The molecule has 4 nitrogen and oxygen atoms in total. The van der Waals surface area contributed by atoms with E-state index in [-0.39, 0.29) is 12.5 Å². The second-order valence-corrected chi connectivity index (χ2v) is 4.85. The molecule has 20 heavy (non-hydrogen) atoms. The molecule has 0 aliphatic carbocycles. The van der Waals surface area contributed by atoms with Gasteiger partial charge in [0, 0.05) is 11.2 Å². The van der Waals surface area contributed by atoms with E-state index in [1.54, 1.807) is 12.1 Å². The van der Waals surface area contributed by atoms with Crippen LogP contribution in [0.3, 0.4) is 0 Å². The highest BCUT2D eigenvalue weighted by Gasteiger charge is 2.08. The number of carbonyl (C=O) groups is 1. The van der Waals surface area contributed by atoms with Crippen LogP contribution in [0.2, 0.25) is 5.02 Å². The Hall–Kier alpha value is -2.07. The van der Waals surface area contributed by atoms with Gasteiger partial charge in [-0.1, -0.05) is 29.8 Å². The maximum Gasteiger partial charge on any atom is 0.263 e. The van der Waals surface area contributed by atoms with Crippen LogP contribution in [0.15, 0.2) is 36.5 Å². The SMILES string of the molecule is Cc1cccc(C)c1OCC(=O)Nc1cc(Cl)ccn1. The fourth-order valence-electron chi connectivity index (χ4n) is 1.82. The van der Waals surface area contributed by atoms with Crippen LogP contribution in [-0.4, -0.2) is 17.5 Å². The van der Waals surface area contributed by atoms with E-state index >= 15 is 0 Å². The Morgan fingerprint density at radius 3 is 2.65 bits per heavy atom. The van der Waals surface area contributed by atoms with Gasteiger partial charge in [0.2, 0.25) is 0 Å². The molecule has 1 amide bonds. The largest absolute Gasteiger partial charge is 0.483 e. The third-order valence-corrected chi connectivity index (χ3v) is 2.98. The first kappa shape index (κ1) is 14.3. The van der Waals surface area contributed by atoms with Gasteiger partial charge in [-0.3, -0.25) is 4.79 Å². The molecule has 5 heteroatoms. The summed E-state index contributed by atoms with van der Waals surface area (Å²) in [5.74, 6) is 0.872. The smallest absolute Gasteiger partial charge is 0.263 e. The highest BCUT2D eigenvalue weighted by molar-refractivity contribution is 6.30. The molecular formula is C15H15ClN2O2. The van der Waals surface area contributed by atoms with Gasteiger partial charge in [-0.25, -0.2) is 4.98 Å². The summed E-state index contributed by atoms with van der Waals surface area (Å²) < 4.78 is 5.56. The molecule has 0 saturated carbocycles. The Kier molecular flexibility index (Phi) is 4.58. The lowest BCUT2D eigenvalue weighted by Crippen LogP contribution is -2.21. The Morgan fingerprint density at radius 1 is 1.30 bits per heavy atom. The van der Waals surface area contributed by atoms with E-state index in [1.165, 1.54) is 6.20 Å². The van der Waals surface area contributed by atoms with Crippen molar-refractivity contribution >= 4 is 23.3 Å². The van der Waals surface area contributed by atoms with Gasteiger partial charge in [-0.15, -0.1) is 0 Å². The number of rotatable bonds is 4. The van der Waals surface area contributed by atoms with Crippen LogP contribution < -0.4 is 10.1 Å². The Bertz CT molecular complexity index is 609. The normalized spacial score (nSPS) is 10.2. The molecule has 1 N–H and O–H groups in total. The number of ether oxygens (including phenoxy) is 1. The molecule has 1 aromatic carbocycles. The number of aromatic nitrogens is 1. The lowest BCUT2D eigenvalue weighted by molar-refractivity contribution is -0.118. The standard InChI is InChI=1S/C15H15ClN2O2/c1-10-4-3-5-11(2)15(10)20-9-14(19)18-13-8-12(16)6-7-17-13/h3-8H,9H2,1-2H3,(H,17,18,19). The number of halogens is 1. The zero-order valence-corrected chi connectivity index (χ0v) is 12.1. The molecule has 1 heterocycles. The third-order valence-electron chi connectivity index (χ3n) is 2.75. The number of nitrogens with zero attached hydrogens (tertiary/aromatic N) is 1. The van der Waals surface area contributed by atoms with E-state index in [0.29, 0.717) is 10.8 Å². The molecule has 104 valence electrons. The zero-order chi connectivity index (χ0) is 14.5. The van der Waals surface area contributed by atoms with Crippen molar-refractivity contribution < 1.29 is 9.53 Å². The number of hydrogen-bond donors (Lipinski definition) is 1. The number of para-hydroxylation sites is 1. The van der Waals surface area contributed by atoms with Gasteiger partial charge in [0.05, 0.1) is 0 Å². The average Bonchev–Trinajstić information content (AvgIpc) is 2.38. The number of amides is 1. The fraction of sp³-hybridized carbons (Fsp3) is 0.200. The van der Waals surface area contributed by atoms with E-state index in [9.17, 15) is 4.79 Å². The Labute approximate surface area is 122 Å². The first-order valence-electron chi connectivity index (χ1n) is 6.16. The number of benzene rings is 1. The summed E-state index contributed by atoms with van der Waals surface area (Å²) in [7, 11) is 0. The Morgan fingerprint density at radius 2 is 2.00 bits per heavy atom. The van der Waals surface area contributed by atoms with Crippen molar-refractivity contribution in [1.82, 2.24) is 4.98 Å². The molecule has 0 unspecified atom stereocenters. The highest BCUT2D eigenvalue weighted by Crippen LogP contribution is 2.22. The van der Waals surface area contributed by atoms with Gasteiger partial charge in [-0.2, -0.15) is 0 Å². The van der Waals surface area contributed by atoms with Crippen LogP contribution in [0, 0.1) is 13.8 Å². The maximum absolute atomic E-state index is 11.8. The number of carbonyl (C=O) groups excluding carboxylic acids is 1. The van der Waals surface area contributed by atoms with Crippen LogP contribution in [-0.2, 0) is 4.79 Å². The van der Waals surface area contributed by atoms with Gasteiger partial charge in [0.15, 0.2) is 6.61 Å². The summed E-state index contributed by atoms with van der Waals surface area (Å²) in [6, 6.07) is 9.06. The first-order valence-corrected chi connectivity index (χ1v) is 6.54. The van der Waals surface area contributed by atoms with Crippen molar-refractivity contribution in [2.45, 2.75) is 13.8 Å². The van der Waals surface area contributed by atoms with Crippen LogP contribution in [0.25, 0.3) is 0 Å². The minimum absolute atomic E-state index is 0.0696. The maximum atomic E-state index is 11.8. The molecule has 0 atom stereocenters. The van der Waals surface area contributed by atoms with Gasteiger partial charge < -0.3 is 10.1 Å². The predicted molar refractivity (Wildman–Crippen MR) is 79.3 cm³/mol. The Balaban J connectivity index is 1.96. The predicted octanol–water partition coefficient (Wildman–Crippen LogP) is 3.37. The van der Waals surface area contributed by atoms with Gasteiger partial charge in [0.25, 0.3) is 5.91 Å². The summed E-state index contributed by atoms with van der Waals surface area (Å²) in [6.45, 7) is 3.82. The van der Waals surface area contributed by atoms with E-state index in [1.807, 2.05) is 32.0 Å².